The second kappa shape index (κ2) is 8.66. The predicted octanol–water partition coefficient (Wildman–Crippen LogP) is -0.709. The molecule has 0 aromatic carbocycles. The van der Waals surface area contributed by atoms with E-state index in [1.165, 1.54) is 6.42 Å². The monoisotopic (exact) mass is 509 g/mol. The highest BCUT2D eigenvalue weighted by Gasteiger charge is 2.51. The summed E-state index contributed by atoms with van der Waals surface area (Å²) >= 11 is 2.53. The number of likely N-dealkylation sites (tertiary alicyclic amines) is 2. The molecule has 0 radical (unpaired) electrons. The van der Waals surface area contributed by atoms with Crippen LogP contribution in [0.15, 0.2) is 16.4 Å². The molecule has 12 nitrogen and oxygen atoms in total. The maximum Gasteiger partial charge on any atom is 0.352 e. The van der Waals surface area contributed by atoms with Gasteiger partial charge in [0.15, 0.2) is 5.13 Å². The zero-order chi connectivity index (χ0) is 24.2. The number of thioether (sulfide) groups is 1. The van der Waals surface area contributed by atoms with Gasteiger partial charge in [0.2, 0.25) is 11.5 Å². The molecule has 0 bridgehead atoms. The number of carbonyl (C=O) groups excluding carboxylic acids is 1. The predicted molar refractivity (Wildman–Crippen MR) is 127 cm³/mol. The van der Waals surface area contributed by atoms with E-state index in [9.17, 15) is 19.9 Å². The summed E-state index contributed by atoms with van der Waals surface area (Å²) in [7, 11) is 4.42. The van der Waals surface area contributed by atoms with Gasteiger partial charge in [0.1, 0.15) is 12.2 Å². The van der Waals surface area contributed by atoms with E-state index in [0.29, 0.717) is 30.0 Å². The Bertz CT molecular complexity index is 1080. The van der Waals surface area contributed by atoms with Gasteiger partial charge >= 0.3 is 5.97 Å². The minimum Gasteiger partial charge on any atom is -0.477 e. The van der Waals surface area contributed by atoms with Crippen molar-refractivity contribution in [3.05, 3.63) is 17.1 Å². The molecule has 5 atom stereocenters. The summed E-state index contributed by atoms with van der Waals surface area (Å²) in [4.78, 5) is 33.1. The van der Waals surface area contributed by atoms with Gasteiger partial charge in [0, 0.05) is 35.3 Å². The van der Waals surface area contributed by atoms with E-state index in [-0.39, 0.29) is 28.1 Å². The molecule has 5 heterocycles. The van der Waals surface area contributed by atoms with E-state index in [0.717, 1.165) is 47.8 Å². The van der Waals surface area contributed by atoms with Crippen molar-refractivity contribution >= 4 is 46.0 Å². The van der Waals surface area contributed by atoms with Gasteiger partial charge in [-0.25, -0.2) is 4.79 Å². The van der Waals surface area contributed by atoms with E-state index in [2.05, 4.69) is 38.8 Å². The first-order valence-corrected chi connectivity index (χ1v) is 13.0. The molecule has 3 saturated heterocycles. The molecule has 1 aromatic heterocycles. The third-order valence-electron chi connectivity index (χ3n) is 7.42. The van der Waals surface area contributed by atoms with Crippen LogP contribution in [0.25, 0.3) is 0 Å². The van der Waals surface area contributed by atoms with Gasteiger partial charge in [-0.2, -0.15) is 9.36 Å². The molecular weight excluding hydrogens is 480 g/mol. The number of likely N-dealkylation sites (N-methyl/N-ethyl adjacent to an activating group) is 2. The van der Waals surface area contributed by atoms with Crippen LogP contribution in [0.3, 0.4) is 0 Å². The number of nitrogens with two attached hydrogens (primary N) is 1. The van der Waals surface area contributed by atoms with Crippen LogP contribution in [0, 0.1) is 5.92 Å². The van der Waals surface area contributed by atoms with E-state index in [1.54, 1.807) is 11.8 Å². The van der Waals surface area contributed by atoms with Crippen LogP contribution >= 0.6 is 23.3 Å². The molecule has 4 aliphatic rings. The lowest BCUT2D eigenvalue weighted by Crippen LogP contribution is -2.67. The number of carboxylic acid groups (broad SMARTS) is 1. The van der Waals surface area contributed by atoms with Gasteiger partial charge in [-0.15, -0.1) is 11.8 Å². The number of hydrogen-bond donors (Lipinski definition) is 4. The molecular formula is C20H29N8O4S2+. The van der Waals surface area contributed by atoms with Crippen LogP contribution in [0.2, 0.25) is 0 Å². The third kappa shape index (κ3) is 4.01. The van der Waals surface area contributed by atoms with Crippen LogP contribution in [-0.4, -0.2) is 122 Å². The number of anilines is 1. The summed E-state index contributed by atoms with van der Waals surface area (Å²) in [6, 6.07) is 0.294. The number of nitrogens with zero attached hydrogens (tertiary/aromatic N) is 6. The summed E-state index contributed by atoms with van der Waals surface area (Å²) in [6.07, 6.45) is 1.21. The van der Waals surface area contributed by atoms with Gasteiger partial charge < -0.3 is 30.7 Å². The van der Waals surface area contributed by atoms with Crippen molar-refractivity contribution in [2.24, 2.45) is 11.1 Å². The van der Waals surface area contributed by atoms with Gasteiger partial charge in [-0.1, -0.05) is 5.16 Å². The van der Waals surface area contributed by atoms with E-state index in [4.69, 9.17) is 5.73 Å². The van der Waals surface area contributed by atoms with Crippen molar-refractivity contribution in [3.63, 3.8) is 0 Å². The van der Waals surface area contributed by atoms with Crippen LogP contribution in [0.4, 0.5) is 5.13 Å². The number of nitrogens with one attached hydrogen (secondary N) is 1. The first-order chi connectivity index (χ1) is 16.2. The highest BCUT2D eigenvalue weighted by atomic mass is 32.2. The number of quaternary nitrogens is 1. The topological polar surface area (TPSA) is 157 Å². The van der Waals surface area contributed by atoms with E-state index >= 15 is 0 Å². The molecule has 0 spiro atoms. The number of aromatic nitrogens is 2. The van der Waals surface area contributed by atoms with Gasteiger partial charge in [-0.3, -0.25) is 9.69 Å². The molecule has 0 saturated carbocycles. The molecule has 0 aliphatic carbocycles. The molecule has 1 amide bonds. The third-order valence-corrected chi connectivity index (χ3v) is 9.40. The van der Waals surface area contributed by atoms with Crippen molar-refractivity contribution < 1.29 is 24.4 Å². The SMILES string of the molecule is CN1CCC2C[N+](C)(CC3=C(C(=O)O)N4C[C@@H](NC(=O)/C(=N\O)c5nsc(N)n5)[C@H]4SC3)CC21. The highest BCUT2D eigenvalue weighted by molar-refractivity contribution is 8.00. The molecule has 1 aromatic rings. The normalized spacial score (nSPS) is 33.5. The van der Waals surface area contributed by atoms with Crippen LogP contribution in [0.5, 0.6) is 0 Å². The Balaban J connectivity index is 1.27. The van der Waals surface area contributed by atoms with Crippen molar-refractivity contribution in [1.82, 2.24) is 24.5 Å². The Morgan fingerprint density at radius 2 is 2.18 bits per heavy atom. The van der Waals surface area contributed by atoms with E-state index < -0.39 is 11.9 Å². The Morgan fingerprint density at radius 1 is 1.38 bits per heavy atom. The summed E-state index contributed by atoms with van der Waals surface area (Å²) in [5.41, 5.74) is 6.57. The Labute approximate surface area is 205 Å². The number of nitrogen functional groups attached to an aromatic ring is 1. The Kier molecular flexibility index (Phi) is 5.94. The standard InChI is InChI=1S/C20H28N8O4S2/c1-26-4-3-10-6-28(2,8-13(10)26)7-11-9-33-18-12(5-27(18)15(11)19(30)31)22-17(29)14(24-32)16-23-20(21)34-25-16/h10,12-13,18H,3-9H2,1-2H3,(H4-,21,22,23,25,29,30,31,32)/p+1/t10?,12-,13?,18-,28?/m1/s1. The molecule has 14 heteroatoms. The molecule has 184 valence electrons. The zero-order valence-electron chi connectivity index (χ0n) is 19.0. The fraction of sp³-hybridized carbons (Fsp3) is 0.650. The lowest BCUT2D eigenvalue weighted by atomic mass is 10.0. The van der Waals surface area contributed by atoms with Gasteiger partial charge in [-0.05, 0) is 20.0 Å². The maximum atomic E-state index is 12.7. The molecule has 5 rings (SSSR count). The Morgan fingerprint density at radius 3 is 2.82 bits per heavy atom. The fourth-order valence-corrected chi connectivity index (χ4v) is 7.70. The quantitative estimate of drug-likeness (QED) is 0.167. The van der Waals surface area contributed by atoms with Crippen molar-refractivity contribution in [1.29, 1.82) is 0 Å². The van der Waals surface area contributed by atoms with Crippen LogP contribution in [0.1, 0.15) is 12.2 Å². The average Bonchev–Trinajstić information content (AvgIpc) is 3.42. The number of rotatable bonds is 6. The van der Waals surface area contributed by atoms with Crippen molar-refractivity contribution in [2.75, 3.05) is 58.3 Å². The number of aliphatic carboxylic acids is 1. The largest absolute Gasteiger partial charge is 0.477 e. The lowest BCUT2D eigenvalue weighted by molar-refractivity contribution is -0.895. The van der Waals surface area contributed by atoms with Gasteiger partial charge in [0.05, 0.1) is 37.6 Å². The van der Waals surface area contributed by atoms with Crippen molar-refractivity contribution in [2.45, 2.75) is 23.9 Å². The van der Waals surface area contributed by atoms with E-state index in [1.807, 2.05) is 4.90 Å². The molecule has 3 unspecified atom stereocenters. The zero-order valence-corrected chi connectivity index (χ0v) is 20.7. The summed E-state index contributed by atoms with van der Waals surface area (Å²) in [6.45, 7) is 4.37. The first kappa shape index (κ1) is 23.3. The minimum atomic E-state index is -0.923. The molecule has 5 N–H and O–H groups in total. The minimum absolute atomic E-state index is 0.0404. The molecule has 4 aliphatic heterocycles. The lowest BCUT2D eigenvalue weighted by Gasteiger charge is -2.52. The maximum absolute atomic E-state index is 12.7. The summed E-state index contributed by atoms with van der Waals surface area (Å²) < 4.78 is 4.78. The Hall–Kier alpha value is -2.42. The summed E-state index contributed by atoms with van der Waals surface area (Å²) in [5.74, 6) is -0.294. The van der Waals surface area contributed by atoms with Crippen LogP contribution < -0.4 is 11.1 Å². The summed E-state index contributed by atoms with van der Waals surface area (Å²) in [5, 5.41) is 25.2. The smallest absolute Gasteiger partial charge is 0.352 e. The number of hydrogen-bond acceptors (Lipinski definition) is 11. The van der Waals surface area contributed by atoms with Crippen LogP contribution in [-0.2, 0) is 9.59 Å². The number of amides is 1. The van der Waals surface area contributed by atoms with Gasteiger partial charge in [0.25, 0.3) is 5.91 Å². The second-order valence-corrected chi connectivity index (χ2v) is 11.7. The average molecular weight is 510 g/mol. The molecule has 34 heavy (non-hydrogen) atoms. The number of carbonyl (C=O) groups is 2. The number of fused-ring (bicyclic) bond motifs is 2. The highest BCUT2D eigenvalue weighted by Crippen LogP contribution is 2.41. The second-order valence-electron chi connectivity index (χ2n) is 9.84. The number of carboxylic acids is 1. The first-order valence-electron chi connectivity index (χ1n) is 11.2. The fourth-order valence-electron chi connectivity index (χ4n) is 5.91. The molecule has 3 fully saturated rings. The van der Waals surface area contributed by atoms with Crippen molar-refractivity contribution in [3.8, 4) is 0 Å². The number of oxime groups is 1.